The Bertz CT molecular complexity index is 846. The molecule has 4 heteroatoms. The molecule has 19 heavy (non-hydrogen) atoms. The van der Waals surface area contributed by atoms with E-state index in [1.807, 2.05) is 19.1 Å². The maximum Gasteiger partial charge on any atom is 0.347 e. The minimum absolute atomic E-state index is 0.0791. The van der Waals surface area contributed by atoms with Crippen LogP contribution in [0, 0.1) is 6.92 Å². The van der Waals surface area contributed by atoms with Crippen LogP contribution in [0.25, 0.3) is 21.7 Å². The summed E-state index contributed by atoms with van der Waals surface area (Å²) in [6.45, 7) is 1.86. The Kier molecular flexibility index (Phi) is 2.45. The van der Waals surface area contributed by atoms with Crippen molar-refractivity contribution in [1.82, 2.24) is 0 Å². The van der Waals surface area contributed by atoms with E-state index in [1.165, 1.54) is 13.2 Å². The summed E-state index contributed by atoms with van der Waals surface area (Å²) in [5.41, 5.74) is 0.755. The van der Waals surface area contributed by atoms with Crippen LogP contribution in [0.3, 0.4) is 0 Å². The molecule has 1 aromatic heterocycles. The van der Waals surface area contributed by atoms with Crippen LogP contribution in [-0.4, -0.2) is 12.2 Å². The van der Waals surface area contributed by atoms with Gasteiger partial charge in [0.25, 0.3) is 0 Å². The fraction of sp³-hybridized carbons (Fsp3) is 0.133. The first-order valence-electron chi connectivity index (χ1n) is 5.85. The number of fused-ring (bicyclic) bond motifs is 3. The molecule has 0 bridgehead atoms. The second-order valence-electron chi connectivity index (χ2n) is 4.41. The van der Waals surface area contributed by atoms with Gasteiger partial charge in [-0.25, -0.2) is 4.79 Å². The number of methoxy groups -OCH3 is 1. The van der Waals surface area contributed by atoms with Crippen LogP contribution in [0.5, 0.6) is 11.5 Å². The van der Waals surface area contributed by atoms with E-state index < -0.39 is 5.63 Å². The zero-order valence-corrected chi connectivity index (χ0v) is 10.6. The molecule has 0 saturated heterocycles. The largest absolute Gasteiger partial charge is 0.508 e. The van der Waals surface area contributed by atoms with Crippen LogP contribution < -0.4 is 10.4 Å². The molecule has 0 aliphatic rings. The quantitative estimate of drug-likeness (QED) is 0.537. The predicted molar refractivity (Wildman–Crippen MR) is 72.9 cm³/mol. The number of rotatable bonds is 1. The van der Waals surface area contributed by atoms with Gasteiger partial charge in [0.1, 0.15) is 22.5 Å². The SMILES string of the molecule is COc1cccc2c1c(=O)oc1cc(O)cc(C)c12. The highest BCUT2D eigenvalue weighted by molar-refractivity contribution is 6.08. The fourth-order valence-corrected chi connectivity index (χ4v) is 2.43. The Hall–Kier alpha value is -2.49. The lowest BCUT2D eigenvalue weighted by molar-refractivity contribution is 0.418. The average molecular weight is 256 g/mol. The molecule has 2 aromatic carbocycles. The van der Waals surface area contributed by atoms with E-state index in [4.69, 9.17) is 9.15 Å². The third kappa shape index (κ3) is 1.64. The highest BCUT2D eigenvalue weighted by atomic mass is 16.5. The molecule has 0 aliphatic heterocycles. The summed E-state index contributed by atoms with van der Waals surface area (Å²) in [7, 11) is 1.52. The number of hydrogen-bond acceptors (Lipinski definition) is 4. The van der Waals surface area contributed by atoms with Gasteiger partial charge in [0, 0.05) is 16.8 Å². The molecule has 96 valence electrons. The van der Waals surface area contributed by atoms with Crippen LogP contribution >= 0.6 is 0 Å². The third-order valence-electron chi connectivity index (χ3n) is 3.21. The van der Waals surface area contributed by atoms with Gasteiger partial charge in [0.2, 0.25) is 0 Å². The molecule has 4 nitrogen and oxygen atoms in total. The van der Waals surface area contributed by atoms with E-state index in [0.29, 0.717) is 16.7 Å². The van der Waals surface area contributed by atoms with Gasteiger partial charge in [0.15, 0.2) is 0 Å². The van der Waals surface area contributed by atoms with Gasteiger partial charge in [-0.1, -0.05) is 12.1 Å². The second kappa shape index (κ2) is 4.02. The van der Waals surface area contributed by atoms with E-state index in [2.05, 4.69) is 0 Å². The minimum atomic E-state index is -0.468. The summed E-state index contributed by atoms with van der Waals surface area (Å²) in [4.78, 5) is 12.1. The molecule has 0 aliphatic carbocycles. The minimum Gasteiger partial charge on any atom is -0.508 e. The Labute approximate surface area is 108 Å². The number of aromatic hydroxyl groups is 1. The number of aryl methyl sites for hydroxylation is 1. The lowest BCUT2D eigenvalue weighted by atomic mass is 10.0. The van der Waals surface area contributed by atoms with E-state index in [1.54, 1.807) is 12.1 Å². The fourth-order valence-electron chi connectivity index (χ4n) is 2.43. The summed E-state index contributed by atoms with van der Waals surface area (Å²) in [5.74, 6) is 0.566. The van der Waals surface area contributed by atoms with Crippen molar-refractivity contribution in [3.05, 3.63) is 46.3 Å². The van der Waals surface area contributed by atoms with Crippen LogP contribution in [0.2, 0.25) is 0 Å². The molecular formula is C15H12O4. The molecule has 0 fully saturated rings. The first kappa shape index (κ1) is 11.6. The van der Waals surface area contributed by atoms with Crippen molar-refractivity contribution in [3.8, 4) is 11.5 Å². The topological polar surface area (TPSA) is 59.7 Å². The number of phenols is 1. The summed E-state index contributed by atoms with van der Waals surface area (Å²) in [6.07, 6.45) is 0. The molecule has 0 atom stereocenters. The number of hydrogen-bond donors (Lipinski definition) is 1. The predicted octanol–water partition coefficient (Wildman–Crippen LogP) is 2.97. The van der Waals surface area contributed by atoms with Gasteiger partial charge in [-0.15, -0.1) is 0 Å². The van der Waals surface area contributed by atoms with Crippen molar-refractivity contribution < 1.29 is 14.3 Å². The van der Waals surface area contributed by atoms with Crippen molar-refractivity contribution >= 4 is 21.7 Å². The Morgan fingerprint density at radius 2 is 2.00 bits per heavy atom. The van der Waals surface area contributed by atoms with Crippen molar-refractivity contribution in [3.63, 3.8) is 0 Å². The molecule has 0 saturated carbocycles. The Morgan fingerprint density at radius 1 is 1.21 bits per heavy atom. The van der Waals surface area contributed by atoms with Gasteiger partial charge in [-0.2, -0.15) is 0 Å². The van der Waals surface area contributed by atoms with Crippen molar-refractivity contribution in [2.75, 3.05) is 7.11 Å². The van der Waals surface area contributed by atoms with Crippen LogP contribution in [0.15, 0.2) is 39.5 Å². The van der Waals surface area contributed by atoms with Crippen molar-refractivity contribution in [2.24, 2.45) is 0 Å². The highest BCUT2D eigenvalue weighted by Gasteiger charge is 2.13. The van der Waals surface area contributed by atoms with Gasteiger partial charge in [-0.3, -0.25) is 0 Å². The first-order valence-corrected chi connectivity index (χ1v) is 5.85. The van der Waals surface area contributed by atoms with Crippen LogP contribution in [-0.2, 0) is 0 Å². The van der Waals surface area contributed by atoms with Gasteiger partial charge >= 0.3 is 5.63 Å². The molecular weight excluding hydrogens is 244 g/mol. The zero-order chi connectivity index (χ0) is 13.6. The molecule has 1 heterocycles. The molecule has 3 aromatic rings. The molecule has 0 spiro atoms. The van der Waals surface area contributed by atoms with Crippen molar-refractivity contribution in [2.45, 2.75) is 6.92 Å². The number of phenolic OH excluding ortho intramolecular Hbond substituents is 1. The van der Waals surface area contributed by atoms with E-state index in [9.17, 15) is 9.90 Å². The molecule has 1 N–H and O–H groups in total. The van der Waals surface area contributed by atoms with Crippen molar-refractivity contribution in [1.29, 1.82) is 0 Å². The maximum absolute atomic E-state index is 12.1. The lowest BCUT2D eigenvalue weighted by Crippen LogP contribution is -2.02. The van der Waals surface area contributed by atoms with Gasteiger partial charge in [0.05, 0.1) is 7.11 Å². The molecule has 0 radical (unpaired) electrons. The van der Waals surface area contributed by atoms with Gasteiger partial charge in [-0.05, 0) is 24.6 Å². The second-order valence-corrected chi connectivity index (χ2v) is 4.41. The smallest absolute Gasteiger partial charge is 0.347 e. The molecule has 3 rings (SSSR count). The highest BCUT2D eigenvalue weighted by Crippen LogP contribution is 2.32. The summed E-state index contributed by atoms with van der Waals surface area (Å²) in [5, 5.41) is 11.6. The standard InChI is InChI=1S/C15H12O4/c1-8-6-9(16)7-12-13(8)10-4-3-5-11(18-2)14(10)15(17)19-12/h3-7,16H,1-2H3. The summed E-state index contributed by atoms with van der Waals surface area (Å²) in [6, 6.07) is 8.48. The van der Waals surface area contributed by atoms with Crippen LogP contribution in [0.1, 0.15) is 5.56 Å². The molecule has 0 amide bonds. The monoisotopic (exact) mass is 256 g/mol. The third-order valence-corrected chi connectivity index (χ3v) is 3.21. The van der Waals surface area contributed by atoms with Crippen LogP contribution in [0.4, 0.5) is 0 Å². The Morgan fingerprint density at radius 3 is 2.74 bits per heavy atom. The van der Waals surface area contributed by atoms with E-state index in [-0.39, 0.29) is 5.75 Å². The van der Waals surface area contributed by atoms with E-state index in [0.717, 1.165) is 16.3 Å². The lowest BCUT2D eigenvalue weighted by Gasteiger charge is -2.08. The zero-order valence-electron chi connectivity index (χ0n) is 10.6. The summed E-state index contributed by atoms with van der Waals surface area (Å²) >= 11 is 0. The van der Waals surface area contributed by atoms with E-state index >= 15 is 0 Å². The molecule has 0 unspecified atom stereocenters. The normalized spacial score (nSPS) is 11.1. The average Bonchev–Trinajstić information content (AvgIpc) is 2.37. The number of ether oxygens (including phenoxy) is 1. The Balaban J connectivity index is 2.64. The maximum atomic E-state index is 12.1. The number of benzene rings is 2. The summed E-state index contributed by atoms with van der Waals surface area (Å²) < 4.78 is 10.5. The van der Waals surface area contributed by atoms with Gasteiger partial charge < -0.3 is 14.3 Å². The first-order chi connectivity index (χ1) is 9.11.